The van der Waals surface area contributed by atoms with E-state index in [4.69, 9.17) is 11.5 Å². The van der Waals surface area contributed by atoms with E-state index in [1.54, 1.807) is 0 Å². The molecule has 1 heterocycles. The first kappa shape index (κ1) is 22.1. The second kappa shape index (κ2) is 9.34. The summed E-state index contributed by atoms with van der Waals surface area (Å²) in [5.41, 5.74) is 21.5. The first-order valence-electron chi connectivity index (χ1n) is 12.2. The topological polar surface area (TPSA) is 69.0 Å². The van der Waals surface area contributed by atoms with Gasteiger partial charge in [0.1, 0.15) is 0 Å². The summed E-state index contributed by atoms with van der Waals surface area (Å²) < 4.78 is 2.32. The number of aromatic nitrogens is 1. The maximum absolute atomic E-state index is 6.56. The number of benzene rings is 5. The first-order valence-corrected chi connectivity index (χ1v) is 12.2. The number of anilines is 1. The minimum absolute atomic E-state index is 0.249. The third kappa shape index (κ3) is 3.93. The zero-order valence-corrected chi connectivity index (χ0v) is 19.9. The number of para-hydroxylation sites is 2. The molecule has 0 saturated heterocycles. The Kier molecular flexibility index (Phi) is 5.74. The van der Waals surface area contributed by atoms with Gasteiger partial charge in [0.2, 0.25) is 0 Å². The molecule has 6 aromatic rings. The molecule has 36 heavy (non-hydrogen) atoms. The molecule has 4 heteroatoms. The van der Waals surface area contributed by atoms with Crippen molar-refractivity contribution in [3.8, 4) is 16.8 Å². The summed E-state index contributed by atoms with van der Waals surface area (Å²) in [5, 5.41) is 5.95. The Morgan fingerprint density at radius 1 is 0.639 bits per heavy atom. The molecule has 6 rings (SSSR count). The lowest BCUT2D eigenvalue weighted by atomic mass is 9.97. The van der Waals surface area contributed by atoms with Gasteiger partial charge < -0.3 is 16.0 Å². The van der Waals surface area contributed by atoms with Crippen LogP contribution >= 0.6 is 0 Å². The summed E-state index contributed by atoms with van der Waals surface area (Å²) in [6.45, 7) is 0.630. The highest BCUT2D eigenvalue weighted by atomic mass is 15.0. The standard InChI is InChI=1S/C32H28N4/c33-29-19-18-24(36-30-16-8-6-14-26(30)27-15-7-9-17-31(27)36)20-28(29)25-13-5-4-12-23(25)21-35-32(34)22-10-2-1-3-11-22/h1-20,32,35H,21,33-34H2. The molecule has 0 spiro atoms. The molecule has 0 bridgehead atoms. The highest BCUT2D eigenvalue weighted by Gasteiger charge is 2.15. The van der Waals surface area contributed by atoms with Crippen LogP contribution in [0.15, 0.2) is 121 Å². The second-order valence-electron chi connectivity index (χ2n) is 9.07. The SMILES string of the molecule is Nc1ccc(-n2c3ccccc3c3ccccc32)cc1-c1ccccc1CNC(N)c1ccccc1. The lowest BCUT2D eigenvalue weighted by Gasteiger charge is -2.18. The fourth-order valence-electron chi connectivity index (χ4n) is 5.05. The normalized spacial score (nSPS) is 12.2. The highest BCUT2D eigenvalue weighted by Crippen LogP contribution is 2.36. The Morgan fingerprint density at radius 3 is 1.97 bits per heavy atom. The molecule has 0 aliphatic carbocycles. The van der Waals surface area contributed by atoms with E-state index in [1.807, 2.05) is 36.4 Å². The van der Waals surface area contributed by atoms with E-state index in [-0.39, 0.29) is 6.17 Å². The van der Waals surface area contributed by atoms with E-state index in [0.717, 1.165) is 33.6 Å². The molecule has 4 nitrogen and oxygen atoms in total. The largest absolute Gasteiger partial charge is 0.398 e. The number of hydrogen-bond acceptors (Lipinski definition) is 3. The van der Waals surface area contributed by atoms with E-state index in [9.17, 15) is 0 Å². The Bertz CT molecular complexity index is 1610. The fraction of sp³-hybridized carbons (Fsp3) is 0.0625. The van der Waals surface area contributed by atoms with Gasteiger partial charge in [-0.15, -0.1) is 0 Å². The number of nitrogen functional groups attached to an aromatic ring is 1. The molecule has 1 aromatic heterocycles. The molecule has 176 valence electrons. The molecule has 1 atom stereocenters. The third-order valence-corrected chi connectivity index (χ3v) is 6.85. The summed E-state index contributed by atoms with van der Waals surface area (Å²) in [4.78, 5) is 0. The van der Waals surface area contributed by atoms with Crippen molar-refractivity contribution < 1.29 is 0 Å². The van der Waals surface area contributed by atoms with E-state index < -0.39 is 0 Å². The van der Waals surface area contributed by atoms with Gasteiger partial charge in [0.05, 0.1) is 17.2 Å². The molecular formula is C32H28N4. The molecular weight excluding hydrogens is 440 g/mol. The molecule has 0 radical (unpaired) electrons. The van der Waals surface area contributed by atoms with Gasteiger partial charge in [-0.25, -0.2) is 0 Å². The van der Waals surface area contributed by atoms with E-state index >= 15 is 0 Å². The van der Waals surface area contributed by atoms with Crippen molar-refractivity contribution in [2.75, 3.05) is 5.73 Å². The predicted molar refractivity (Wildman–Crippen MR) is 151 cm³/mol. The van der Waals surface area contributed by atoms with Gasteiger partial charge in [-0.3, -0.25) is 5.32 Å². The number of nitrogens with one attached hydrogen (secondary N) is 1. The average molecular weight is 469 g/mol. The average Bonchev–Trinajstić information content (AvgIpc) is 3.27. The van der Waals surface area contributed by atoms with E-state index in [2.05, 4.69) is 94.8 Å². The molecule has 0 aliphatic heterocycles. The molecule has 0 amide bonds. The summed E-state index contributed by atoms with van der Waals surface area (Å²) in [6.07, 6.45) is -0.249. The Labute approximate surface area is 210 Å². The second-order valence-corrected chi connectivity index (χ2v) is 9.07. The predicted octanol–water partition coefficient (Wildman–Crippen LogP) is 6.78. The summed E-state index contributed by atoms with van der Waals surface area (Å²) >= 11 is 0. The van der Waals surface area contributed by atoms with Crippen molar-refractivity contribution in [2.24, 2.45) is 5.73 Å². The maximum Gasteiger partial charge on any atom is 0.0812 e. The van der Waals surface area contributed by atoms with E-state index in [1.165, 1.54) is 21.8 Å². The molecule has 5 N–H and O–H groups in total. The summed E-state index contributed by atoms with van der Waals surface area (Å²) in [7, 11) is 0. The van der Waals surface area contributed by atoms with Crippen LogP contribution < -0.4 is 16.8 Å². The van der Waals surface area contributed by atoms with Crippen molar-refractivity contribution in [2.45, 2.75) is 12.7 Å². The van der Waals surface area contributed by atoms with Crippen molar-refractivity contribution in [1.82, 2.24) is 9.88 Å². The van der Waals surface area contributed by atoms with Crippen LogP contribution in [0.4, 0.5) is 5.69 Å². The number of fused-ring (bicyclic) bond motifs is 3. The van der Waals surface area contributed by atoms with Gasteiger partial charge in [-0.05, 0) is 47.0 Å². The Balaban J connectivity index is 1.42. The quantitative estimate of drug-likeness (QED) is 0.186. The van der Waals surface area contributed by atoms with Crippen LogP contribution in [0.1, 0.15) is 17.3 Å². The van der Waals surface area contributed by atoms with Gasteiger partial charge in [-0.1, -0.05) is 91.0 Å². The van der Waals surface area contributed by atoms with E-state index in [0.29, 0.717) is 6.54 Å². The van der Waals surface area contributed by atoms with Crippen molar-refractivity contribution in [3.63, 3.8) is 0 Å². The van der Waals surface area contributed by atoms with Crippen molar-refractivity contribution in [1.29, 1.82) is 0 Å². The smallest absolute Gasteiger partial charge is 0.0812 e. The van der Waals surface area contributed by atoms with Gasteiger partial charge in [0.25, 0.3) is 0 Å². The minimum Gasteiger partial charge on any atom is -0.398 e. The van der Waals surface area contributed by atoms with Crippen molar-refractivity contribution in [3.05, 3.63) is 132 Å². The molecule has 0 saturated carbocycles. The molecule has 5 aromatic carbocycles. The Hall–Kier alpha value is -4.38. The van der Waals surface area contributed by atoms with Gasteiger partial charge in [0.15, 0.2) is 0 Å². The van der Waals surface area contributed by atoms with Crippen LogP contribution in [-0.4, -0.2) is 4.57 Å². The van der Waals surface area contributed by atoms with Crippen LogP contribution in [0.3, 0.4) is 0 Å². The number of nitrogens with two attached hydrogens (primary N) is 2. The number of hydrogen-bond donors (Lipinski definition) is 3. The van der Waals surface area contributed by atoms with Crippen LogP contribution in [-0.2, 0) is 6.54 Å². The molecule has 0 aliphatic rings. The van der Waals surface area contributed by atoms with Crippen LogP contribution in [0.2, 0.25) is 0 Å². The van der Waals surface area contributed by atoms with Gasteiger partial charge >= 0.3 is 0 Å². The van der Waals surface area contributed by atoms with Crippen LogP contribution in [0.5, 0.6) is 0 Å². The number of rotatable bonds is 6. The highest BCUT2D eigenvalue weighted by molar-refractivity contribution is 6.09. The monoisotopic (exact) mass is 468 g/mol. The zero-order valence-electron chi connectivity index (χ0n) is 19.9. The maximum atomic E-state index is 6.56. The third-order valence-electron chi connectivity index (χ3n) is 6.85. The lowest BCUT2D eigenvalue weighted by molar-refractivity contribution is 0.552. The van der Waals surface area contributed by atoms with Gasteiger partial charge in [0, 0.05) is 34.3 Å². The molecule has 0 fully saturated rings. The molecule has 1 unspecified atom stereocenters. The van der Waals surface area contributed by atoms with Crippen LogP contribution in [0, 0.1) is 0 Å². The lowest BCUT2D eigenvalue weighted by Crippen LogP contribution is -2.28. The summed E-state index contributed by atoms with van der Waals surface area (Å²) in [5.74, 6) is 0. The summed E-state index contributed by atoms with van der Waals surface area (Å²) in [6, 6.07) is 41.9. The fourth-order valence-corrected chi connectivity index (χ4v) is 5.05. The van der Waals surface area contributed by atoms with Crippen LogP contribution in [0.25, 0.3) is 38.6 Å². The van der Waals surface area contributed by atoms with Gasteiger partial charge in [-0.2, -0.15) is 0 Å². The minimum atomic E-state index is -0.249. The Morgan fingerprint density at radius 2 is 1.25 bits per heavy atom. The number of nitrogens with zero attached hydrogens (tertiary/aromatic N) is 1. The zero-order chi connectivity index (χ0) is 24.5. The first-order chi connectivity index (χ1) is 17.7. The van der Waals surface area contributed by atoms with Crippen molar-refractivity contribution >= 4 is 27.5 Å².